The van der Waals surface area contributed by atoms with Crippen molar-refractivity contribution in [1.82, 2.24) is 5.32 Å². The van der Waals surface area contributed by atoms with E-state index >= 15 is 0 Å². The van der Waals surface area contributed by atoms with Gasteiger partial charge in [0.1, 0.15) is 6.61 Å². The van der Waals surface area contributed by atoms with E-state index in [0.29, 0.717) is 0 Å². The average molecular weight is 312 g/mol. The molecular weight excluding hydrogens is 286 g/mol. The Labute approximate surface area is 134 Å². The largest absolute Gasteiger partial charge is 0.493 e. The van der Waals surface area contributed by atoms with Crippen LogP contribution in [0.3, 0.4) is 0 Å². The fraction of sp³-hybridized carbons (Fsp3) is 0.529. The lowest BCUT2D eigenvalue weighted by Crippen LogP contribution is -2.15. The van der Waals surface area contributed by atoms with Gasteiger partial charge in [-0.15, -0.1) is 18.8 Å². The highest BCUT2D eigenvalue weighted by molar-refractivity contribution is 5.85. The summed E-state index contributed by atoms with van der Waals surface area (Å²) in [6.45, 7) is 4.26. The molecule has 0 aliphatic heterocycles. The Kier molecular flexibility index (Phi) is 11.6. The second-order valence-corrected chi connectivity index (χ2v) is 4.68. The molecule has 1 aromatic rings. The SMILES string of the molecule is C#CCOc1c(CNCCCCCC)cccc1OC.Cl. The number of rotatable bonds is 10. The van der Waals surface area contributed by atoms with Crippen LogP contribution in [-0.4, -0.2) is 20.3 Å². The highest BCUT2D eigenvalue weighted by Gasteiger charge is 2.09. The molecule has 0 radical (unpaired) electrons. The molecule has 1 rings (SSSR count). The minimum absolute atomic E-state index is 0. The molecule has 1 N–H and O–H groups in total. The third kappa shape index (κ3) is 7.27. The predicted octanol–water partition coefficient (Wildman–Crippen LogP) is 3.80. The van der Waals surface area contributed by atoms with E-state index in [0.717, 1.165) is 30.2 Å². The molecule has 0 atom stereocenters. The van der Waals surface area contributed by atoms with Gasteiger partial charge in [-0.3, -0.25) is 0 Å². The number of nitrogens with one attached hydrogen (secondary N) is 1. The molecule has 0 bridgehead atoms. The van der Waals surface area contributed by atoms with E-state index < -0.39 is 0 Å². The molecule has 0 heterocycles. The second-order valence-electron chi connectivity index (χ2n) is 4.68. The molecule has 21 heavy (non-hydrogen) atoms. The minimum atomic E-state index is 0. The topological polar surface area (TPSA) is 30.5 Å². The second kappa shape index (κ2) is 12.4. The maximum atomic E-state index is 5.60. The first kappa shape index (κ1) is 19.6. The standard InChI is InChI=1S/C17H25NO2.ClH/c1-4-6-7-8-12-18-14-15-10-9-11-16(19-3)17(15)20-13-5-2;/h2,9-11,18H,4,6-8,12-14H2,1,3H3;1H. The first-order chi connectivity index (χ1) is 9.83. The number of hydrogen-bond donors (Lipinski definition) is 1. The first-order valence-corrected chi connectivity index (χ1v) is 7.26. The fourth-order valence-corrected chi connectivity index (χ4v) is 2.04. The monoisotopic (exact) mass is 311 g/mol. The van der Waals surface area contributed by atoms with Crippen molar-refractivity contribution in [2.24, 2.45) is 0 Å². The lowest BCUT2D eigenvalue weighted by molar-refractivity contribution is 0.326. The quantitative estimate of drug-likeness (QED) is 0.526. The number of benzene rings is 1. The molecule has 0 saturated heterocycles. The van der Waals surface area contributed by atoms with Gasteiger partial charge in [0.15, 0.2) is 11.5 Å². The third-order valence-corrected chi connectivity index (χ3v) is 3.10. The van der Waals surface area contributed by atoms with Gasteiger partial charge in [0.25, 0.3) is 0 Å². The summed E-state index contributed by atoms with van der Waals surface area (Å²) in [7, 11) is 1.64. The van der Waals surface area contributed by atoms with Crippen LogP contribution in [0.5, 0.6) is 11.5 Å². The highest BCUT2D eigenvalue weighted by atomic mass is 35.5. The van der Waals surface area contributed by atoms with Crippen molar-refractivity contribution in [3.8, 4) is 23.8 Å². The maximum absolute atomic E-state index is 5.60. The van der Waals surface area contributed by atoms with Crippen LogP contribution in [0.1, 0.15) is 38.2 Å². The molecule has 1 aromatic carbocycles. The minimum Gasteiger partial charge on any atom is -0.493 e. The highest BCUT2D eigenvalue weighted by Crippen LogP contribution is 2.30. The van der Waals surface area contributed by atoms with Gasteiger partial charge < -0.3 is 14.8 Å². The van der Waals surface area contributed by atoms with Crippen LogP contribution in [0.4, 0.5) is 0 Å². The Balaban J connectivity index is 0.00000400. The van der Waals surface area contributed by atoms with Gasteiger partial charge in [-0.25, -0.2) is 0 Å². The molecule has 0 saturated carbocycles. The number of ether oxygens (including phenoxy) is 2. The summed E-state index contributed by atoms with van der Waals surface area (Å²) in [5.41, 5.74) is 1.08. The zero-order valence-corrected chi connectivity index (χ0v) is 13.8. The number of para-hydroxylation sites is 1. The van der Waals surface area contributed by atoms with Gasteiger partial charge in [-0.05, 0) is 19.0 Å². The van der Waals surface area contributed by atoms with Crippen LogP contribution in [0.2, 0.25) is 0 Å². The summed E-state index contributed by atoms with van der Waals surface area (Å²) in [5, 5.41) is 3.44. The van der Waals surface area contributed by atoms with Gasteiger partial charge in [0.2, 0.25) is 0 Å². The van der Waals surface area contributed by atoms with Crippen LogP contribution in [-0.2, 0) is 6.54 Å². The summed E-state index contributed by atoms with van der Waals surface area (Å²) in [6.07, 6.45) is 10.3. The molecule has 3 nitrogen and oxygen atoms in total. The summed E-state index contributed by atoms with van der Waals surface area (Å²) in [5.74, 6) is 3.96. The van der Waals surface area contributed by atoms with E-state index in [-0.39, 0.29) is 19.0 Å². The van der Waals surface area contributed by atoms with Gasteiger partial charge in [0.05, 0.1) is 7.11 Å². The molecule has 0 aliphatic rings. The number of halogens is 1. The average Bonchev–Trinajstić information content (AvgIpc) is 2.49. The van der Waals surface area contributed by atoms with Gasteiger partial charge >= 0.3 is 0 Å². The van der Waals surface area contributed by atoms with Gasteiger partial charge in [-0.2, -0.15) is 0 Å². The lowest BCUT2D eigenvalue weighted by atomic mass is 10.1. The van der Waals surface area contributed by atoms with E-state index in [1.54, 1.807) is 7.11 Å². The molecule has 0 fully saturated rings. The van der Waals surface area contributed by atoms with Gasteiger partial charge in [-0.1, -0.05) is 44.2 Å². The van der Waals surface area contributed by atoms with Crippen molar-refractivity contribution in [3.63, 3.8) is 0 Å². The Bertz CT molecular complexity index is 429. The maximum Gasteiger partial charge on any atom is 0.167 e. The molecule has 0 spiro atoms. The molecule has 0 unspecified atom stereocenters. The molecular formula is C17H26ClNO2. The molecule has 0 aromatic heterocycles. The third-order valence-electron chi connectivity index (χ3n) is 3.10. The van der Waals surface area contributed by atoms with Crippen LogP contribution >= 0.6 is 12.4 Å². The van der Waals surface area contributed by atoms with E-state index in [4.69, 9.17) is 15.9 Å². The van der Waals surface area contributed by atoms with Crippen LogP contribution in [0.15, 0.2) is 18.2 Å². The Hall–Kier alpha value is -1.37. The summed E-state index contributed by atoms with van der Waals surface area (Å²) >= 11 is 0. The van der Waals surface area contributed by atoms with Crippen LogP contribution in [0.25, 0.3) is 0 Å². The van der Waals surface area contributed by atoms with Gasteiger partial charge in [0, 0.05) is 12.1 Å². The molecule has 0 aliphatic carbocycles. The van der Waals surface area contributed by atoms with Crippen LogP contribution < -0.4 is 14.8 Å². The van der Waals surface area contributed by atoms with E-state index in [1.807, 2.05) is 18.2 Å². The Morgan fingerprint density at radius 2 is 2.05 bits per heavy atom. The first-order valence-electron chi connectivity index (χ1n) is 7.26. The lowest BCUT2D eigenvalue weighted by Gasteiger charge is -2.14. The summed E-state index contributed by atoms with van der Waals surface area (Å²) in [6, 6.07) is 5.89. The summed E-state index contributed by atoms with van der Waals surface area (Å²) < 4.78 is 10.9. The zero-order valence-electron chi connectivity index (χ0n) is 13.0. The van der Waals surface area contributed by atoms with Crippen molar-refractivity contribution in [3.05, 3.63) is 23.8 Å². The van der Waals surface area contributed by atoms with Crippen molar-refractivity contribution < 1.29 is 9.47 Å². The van der Waals surface area contributed by atoms with Crippen molar-refractivity contribution >= 4 is 12.4 Å². The normalized spacial score (nSPS) is 9.57. The van der Waals surface area contributed by atoms with E-state index in [9.17, 15) is 0 Å². The molecule has 118 valence electrons. The Morgan fingerprint density at radius 3 is 2.71 bits per heavy atom. The number of hydrogen-bond acceptors (Lipinski definition) is 3. The van der Waals surface area contributed by atoms with E-state index in [2.05, 4.69) is 18.2 Å². The smallest absolute Gasteiger partial charge is 0.167 e. The molecule has 0 amide bonds. The van der Waals surface area contributed by atoms with Crippen LogP contribution in [0, 0.1) is 12.3 Å². The Morgan fingerprint density at radius 1 is 1.24 bits per heavy atom. The predicted molar refractivity (Wildman–Crippen MR) is 90.4 cm³/mol. The van der Waals surface area contributed by atoms with Crippen molar-refractivity contribution in [2.45, 2.75) is 39.2 Å². The number of methoxy groups -OCH3 is 1. The van der Waals surface area contributed by atoms with Crippen molar-refractivity contribution in [1.29, 1.82) is 0 Å². The fourth-order valence-electron chi connectivity index (χ4n) is 2.04. The number of terminal acetylenes is 1. The van der Waals surface area contributed by atoms with E-state index in [1.165, 1.54) is 25.7 Å². The zero-order chi connectivity index (χ0) is 14.6. The summed E-state index contributed by atoms with van der Waals surface area (Å²) in [4.78, 5) is 0. The molecule has 4 heteroatoms. The van der Waals surface area contributed by atoms with Crippen molar-refractivity contribution in [2.75, 3.05) is 20.3 Å². The number of unbranched alkanes of at least 4 members (excludes halogenated alkanes) is 3.